The lowest BCUT2D eigenvalue weighted by molar-refractivity contribution is -0.137. The average Bonchev–Trinajstić information content (AvgIpc) is 2.82. The van der Waals surface area contributed by atoms with Crippen molar-refractivity contribution in [3.8, 4) is 0 Å². The Balaban J connectivity index is 1.56. The first kappa shape index (κ1) is 26.5. The average molecular weight is 494 g/mol. The Bertz CT molecular complexity index is 973. The normalized spacial score (nSPS) is 15.3. The van der Waals surface area contributed by atoms with Crippen LogP contribution in [0.25, 0.3) is 0 Å². The molecular weight excluding hydrogens is 462 g/mol. The third-order valence-electron chi connectivity index (χ3n) is 6.16. The lowest BCUT2D eigenvalue weighted by atomic mass is 9.84. The van der Waals surface area contributed by atoms with Crippen molar-refractivity contribution in [1.29, 1.82) is 0 Å². The maximum Gasteiger partial charge on any atom is 0.416 e. The minimum Gasteiger partial charge on any atom is -0.383 e. The van der Waals surface area contributed by atoms with E-state index in [9.17, 15) is 27.2 Å². The van der Waals surface area contributed by atoms with Gasteiger partial charge in [-0.05, 0) is 48.2 Å². The third-order valence-corrected chi connectivity index (χ3v) is 6.16. The molecule has 0 bridgehead atoms. The van der Waals surface area contributed by atoms with Gasteiger partial charge in [-0.1, -0.05) is 50.3 Å². The van der Waals surface area contributed by atoms with Crippen molar-refractivity contribution < 1.29 is 27.2 Å². The lowest BCUT2D eigenvalue weighted by Gasteiger charge is -2.26. The number of rotatable bonds is 10. The van der Waals surface area contributed by atoms with Crippen LogP contribution in [0, 0.1) is 11.7 Å². The zero-order chi connectivity index (χ0) is 25.3. The number of hydrogen-bond acceptors (Lipinski definition) is 3. The van der Waals surface area contributed by atoms with E-state index in [1.807, 2.05) is 0 Å². The van der Waals surface area contributed by atoms with Crippen molar-refractivity contribution in [2.24, 2.45) is 5.92 Å². The fraction of sp³-hybridized carbons (Fsp3) is 0.462. The Hall–Kier alpha value is -3.10. The number of benzene rings is 2. The van der Waals surface area contributed by atoms with Gasteiger partial charge < -0.3 is 16.0 Å². The van der Waals surface area contributed by atoms with E-state index >= 15 is 0 Å². The predicted octanol–water partition coefficient (Wildman–Crippen LogP) is 5.07. The molecule has 0 radical (unpaired) electrons. The quantitative estimate of drug-likeness (QED) is 0.320. The molecule has 1 aliphatic carbocycles. The highest BCUT2D eigenvalue weighted by atomic mass is 19.4. The smallest absolute Gasteiger partial charge is 0.383 e. The summed E-state index contributed by atoms with van der Waals surface area (Å²) in [6, 6.07) is 9.74. The first-order valence-electron chi connectivity index (χ1n) is 11.9. The summed E-state index contributed by atoms with van der Waals surface area (Å²) in [4.78, 5) is 25.6. The van der Waals surface area contributed by atoms with Gasteiger partial charge in [-0.25, -0.2) is 4.39 Å². The van der Waals surface area contributed by atoms with Crippen LogP contribution in [0.4, 0.5) is 23.2 Å². The van der Waals surface area contributed by atoms with Crippen LogP contribution in [0.2, 0.25) is 0 Å². The molecule has 2 aromatic carbocycles. The van der Waals surface area contributed by atoms with Crippen molar-refractivity contribution >= 4 is 17.5 Å². The van der Waals surface area contributed by atoms with Crippen LogP contribution in [0.15, 0.2) is 48.5 Å². The first-order chi connectivity index (χ1) is 16.7. The van der Waals surface area contributed by atoms with Gasteiger partial charge in [0.1, 0.15) is 11.9 Å². The van der Waals surface area contributed by atoms with E-state index in [1.165, 1.54) is 24.3 Å². The molecule has 0 unspecified atom stereocenters. The summed E-state index contributed by atoms with van der Waals surface area (Å²) in [7, 11) is 0. The molecule has 0 spiro atoms. The zero-order valence-corrected chi connectivity index (χ0v) is 19.5. The molecule has 190 valence electrons. The Morgan fingerprint density at radius 3 is 2.37 bits per heavy atom. The van der Waals surface area contributed by atoms with Gasteiger partial charge in [0.2, 0.25) is 11.8 Å². The second kappa shape index (κ2) is 12.6. The van der Waals surface area contributed by atoms with E-state index in [0.29, 0.717) is 31.1 Å². The third kappa shape index (κ3) is 8.88. The summed E-state index contributed by atoms with van der Waals surface area (Å²) in [6.45, 7) is 0.701. The molecule has 5 nitrogen and oxygen atoms in total. The molecule has 3 N–H and O–H groups in total. The Morgan fingerprint density at radius 1 is 0.971 bits per heavy atom. The van der Waals surface area contributed by atoms with Crippen molar-refractivity contribution in [2.45, 2.75) is 57.2 Å². The van der Waals surface area contributed by atoms with Crippen LogP contribution >= 0.6 is 0 Å². The van der Waals surface area contributed by atoms with Crippen LogP contribution in [0.5, 0.6) is 0 Å². The fourth-order valence-corrected chi connectivity index (χ4v) is 4.36. The summed E-state index contributed by atoms with van der Waals surface area (Å²) in [5.41, 5.74) is 0.138. The highest BCUT2D eigenvalue weighted by molar-refractivity contribution is 5.88. The van der Waals surface area contributed by atoms with Gasteiger partial charge in [0.05, 0.1) is 12.0 Å². The molecule has 3 rings (SSSR count). The minimum atomic E-state index is -4.49. The number of alkyl halides is 3. The molecule has 9 heteroatoms. The highest BCUT2D eigenvalue weighted by Gasteiger charge is 2.31. The molecule has 2 aromatic rings. The van der Waals surface area contributed by atoms with Crippen LogP contribution in [-0.2, 0) is 22.2 Å². The minimum absolute atomic E-state index is 0.234. The SMILES string of the molecule is O=C(Cc1cccc(C(F)(F)F)c1)N[C@@H](CC1CCCCC1)C(=O)NCCNc1ccc(F)cc1. The van der Waals surface area contributed by atoms with Gasteiger partial charge in [0, 0.05) is 18.8 Å². The zero-order valence-electron chi connectivity index (χ0n) is 19.5. The van der Waals surface area contributed by atoms with Crippen molar-refractivity contribution in [3.05, 3.63) is 65.5 Å². The number of carbonyl (C=O) groups excluding carboxylic acids is 2. The van der Waals surface area contributed by atoms with Crippen LogP contribution in [0.1, 0.15) is 49.7 Å². The number of nitrogens with one attached hydrogen (secondary N) is 3. The van der Waals surface area contributed by atoms with Gasteiger partial charge in [0.25, 0.3) is 0 Å². The van der Waals surface area contributed by atoms with Crippen molar-refractivity contribution in [2.75, 3.05) is 18.4 Å². The Morgan fingerprint density at radius 2 is 1.69 bits per heavy atom. The van der Waals surface area contributed by atoms with Gasteiger partial charge in [-0.15, -0.1) is 0 Å². The van der Waals surface area contributed by atoms with E-state index in [1.54, 1.807) is 12.1 Å². The van der Waals surface area contributed by atoms with Crippen molar-refractivity contribution in [1.82, 2.24) is 10.6 Å². The largest absolute Gasteiger partial charge is 0.416 e. The molecule has 1 fully saturated rings. The Kier molecular flexibility index (Phi) is 9.51. The maximum atomic E-state index is 13.0. The lowest BCUT2D eigenvalue weighted by Crippen LogP contribution is -2.49. The first-order valence-corrected chi connectivity index (χ1v) is 11.9. The van der Waals surface area contributed by atoms with Gasteiger partial charge >= 0.3 is 6.18 Å². The second-order valence-electron chi connectivity index (χ2n) is 8.96. The van der Waals surface area contributed by atoms with Crippen molar-refractivity contribution in [3.63, 3.8) is 0 Å². The summed E-state index contributed by atoms with van der Waals surface area (Å²) in [6.07, 6.45) is 1.05. The molecule has 0 aromatic heterocycles. The molecule has 1 atom stereocenters. The van der Waals surface area contributed by atoms with E-state index in [-0.39, 0.29) is 23.7 Å². The summed E-state index contributed by atoms with van der Waals surface area (Å²) in [5, 5.41) is 8.63. The number of hydrogen-bond donors (Lipinski definition) is 3. The molecular formula is C26H31F4N3O2. The van der Waals surface area contributed by atoms with E-state index in [4.69, 9.17) is 0 Å². The topological polar surface area (TPSA) is 70.2 Å². The summed E-state index contributed by atoms with van der Waals surface area (Å²) < 4.78 is 51.9. The molecule has 1 aliphatic rings. The molecule has 35 heavy (non-hydrogen) atoms. The van der Waals surface area contributed by atoms with Gasteiger partial charge in [-0.2, -0.15) is 13.2 Å². The van der Waals surface area contributed by atoms with Crippen LogP contribution in [-0.4, -0.2) is 30.9 Å². The van der Waals surface area contributed by atoms with Gasteiger partial charge in [-0.3, -0.25) is 9.59 Å². The Labute approximate surface area is 202 Å². The monoisotopic (exact) mass is 493 g/mol. The molecule has 1 saturated carbocycles. The summed E-state index contributed by atoms with van der Waals surface area (Å²) >= 11 is 0. The van der Waals surface area contributed by atoms with E-state index in [2.05, 4.69) is 16.0 Å². The fourth-order valence-electron chi connectivity index (χ4n) is 4.36. The number of carbonyl (C=O) groups is 2. The second-order valence-corrected chi connectivity index (χ2v) is 8.96. The van der Waals surface area contributed by atoms with E-state index in [0.717, 1.165) is 44.2 Å². The number of amides is 2. The highest BCUT2D eigenvalue weighted by Crippen LogP contribution is 2.30. The maximum absolute atomic E-state index is 13.0. The standard InChI is InChI=1S/C26H31F4N3O2/c27-21-9-11-22(12-10-21)31-13-14-32-25(35)23(16-18-5-2-1-3-6-18)33-24(34)17-19-7-4-8-20(15-19)26(28,29)30/h4,7-12,15,18,23,31H,1-3,5-6,13-14,16-17H2,(H,32,35)(H,33,34)/t23-/m0/s1. The molecule has 0 aliphatic heterocycles. The number of halogens is 4. The van der Waals surface area contributed by atoms with Gasteiger partial charge in [0.15, 0.2) is 0 Å². The molecule has 0 heterocycles. The molecule has 0 saturated heterocycles. The summed E-state index contributed by atoms with van der Waals surface area (Å²) in [5.74, 6) is -0.848. The van der Waals surface area contributed by atoms with Crippen LogP contribution < -0.4 is 16.0 Å². The predicted molar refractivity (Wildman–Crippen MR) is 126 cm³/mol. The van der Waals surface area contributed by atoms with Crippen LogP contribution in [0.3, 0.4) is 0 Å². The molecule has 2 amide bonds. The number of anilines is 1. The van der Waals surface area contributed by atoms with E-state index < -0.39 is 23.7 Å².